The van der Waals surface area contributed by atoms with Crippen molar-refractivity contribution < 1.29 is 14.7 Å². The Hall–Kier alpha value is -1.10. The van der Waals surface area contributed by atoms with E-state index in [0.29, 0.717) is 25.3 Å². The van der Waals surface area contributed by atoms with Gasteiger partial charge < -0.3 is 16.2 Å². The Morgan fingerprint density at radius 1 is 1.28 bits per heavy atom. The number of carboxylic acid groups (broad SMARTS) is 1. The van der Waals surface area contributed by atoms with Crippen LogP contribution in [0.5, 0.6) is 0 Å². The average molecular weight is 258 g/mol. The van der Waals surface area contributed by atoms with E-state index in [2.05, 4.69) is 5.32 Å². The highest BCUT2D eigenvalue weighted by molar-refractivity contribution is 5.76. The molecule has 18 heavy (non-hydrogen) atoms. The van der Waals surface area contributed by atoms with Crippen molar-refractivity contribution in [2.24, 2.45) is 17.6 Å². The van der Waals surface area contributed by atoms with Crippen molar-refractivity contribution in [2.75, 3.05) is 6.54 Å². The van der Waals surface area contributed by atoms with Gasteiger partial charge in [-0.1, -0.05) is 13.8 Å². The molecule has 5 heteroatoms. The van der Waals surface area contributed by atoms with Gasteiger partial charge in [0.25, 0.3) is 0 Å². The number of rotatable bonds is 9. The smallest absolute Gasteiger partial charge is 0.303 e. The summed E-state index contributed by atoms with van der Waals surface area (Å²) < 4.78 is 0. The summed E-state index contributed by atoms with van der Waals surface area (Å²) in [6.45, 7) is 6.39. The topological polar surface area (TPSA) is 92.4 Å². The van der Waals surface area contributed by atoms with Crippen molar-refractivity contribution in [3.63, 3.8) is 0 Å². The second-order valence-corrected chi connectivity index (χ2v) is 5.41. The summed E-state index contributed by atoms with van der Waals surface area (Å²) in [6, 6.07) is 0.0150. The molecule has 0 spiro atoms. The third-order valence-corrected chi connectivity index (χ3v) is 2.68. The summed E-state index contributed by atoms with van der Waals surface area (Å²) in [5.41, 5.74) is 5.57. The van der Waals surface area contributed by atoms with Crippen molar-refractivity contribution >= 4 is 11.9 Å². The van der Waals surface area contributed by atoms with Crippen LogP contribution in [-0.2, 0) is 9.59 Å². The van der Waals surface area contributed by atoms with Crippen molar-refractivity contribution in [3.05, 3.63) is 0 Å². The Balaban J connectivity index is 4.00. The fourth-order valence-corrected chi connectivity index (χ4v) is 1.86. The van der Waals surface area contributed by atoms with Gasteiger partial charge in [0, 0.05) is 25.4 Å². The number of hydrogen-bond donors (Lipinski definition) is 3. The predicted molar refractivity (Wildman–Crippen MR) is 71.1 cm³/mol. The van der Waals surface area contributed by atoms with E-state index in [-0.39, 0.29) is 24.3 Å². The molecule has 0 aliphatic rings. The minimum Gasteiger partial charge on any atom is -0.481 e. The lowest BCUT2D eigenvalue weighted by atomic mass is 9.94. The molecule has 0 bridgehead atoms. The minimum absolute atomic E-state index is 0.00162. The molecule has 0 heterocycles. The predicted octanol–water partition coefficient (Wildman–Crippen LogP) is 1.37. The summed E-state index contributed by atoms with van der Waals surface area (Å²) in [5.74, 6) is -0.436. The van der Waals surface area contributed by atoms with Gasteiger partial charge in [-0.2, -0.15) is 0 Å². The van der Waals surface area contributed by atoms with Gasteiger partial charge in [-0.05, 0) is 31.6 Å². The quantitative estimate of drug-likeness (QED) is 0.582. The molecule has 0 rings (SSSR count). The summed E-state index contributed by atoms with van der Waals surface area (Å²) in [4.78, 5) is 22.2. The molecule has 2 atom stereocenters. The largest absolute Gasteiger partial charge is 0.481 e. The van der Waals surface area contributed by atoms with Gasteiger partial charge in [-0.15, -0.1) is 0 Å². The van der Waals surface area contributed by atoms with Gasteiger partial charge in [0.1, 0.15) is 0 Å². The molecular weight excluding hydrogens is 232 g/mol. The monoisotopic (exact) mass is 258 g/mol. The maximum absolute atomic E-state index is 11.5. The van der Waals surface area contributed by atoms with E-state index in [1.54, 1.807) is 0 Å². The van der Waals surface area contributed by atoms with Gasteiger partial charge in [0.15, 0.2) is 0 Å². The molecular formula is C13H26N2O3. The molecule has 5 nitrogen and oxygen atoms in total. The van der Waals surface area contributed by atoms with Crippen molar-refractivity contribution in [1.82, 2.24) is 5.32 Å². The van der Waals surface area contributed by atoms with Crippen molar-refractivity contribution in [2.45, 2.75) is 52.5 Å². The molecule has 0 aromatic heterocycles. The number of carbonyl (C=O) groups excluding carboxylic acids is 1. The minimum atomic E-state index is -0.814. The van der Waals surface area contributed by atoms with Gasteiger partial charge in [0.2, 0.25) is 5.91 Å². The van der Waals surface area contributed by atoms with Gasteiger partial charge in [-0.3, -0.25) is 9.59 Å². The summed E-state index contributed by atoms with van der Waals surface area (Å²) in [5, 5.41) is 11.6. The molecule has 0 radical (unpaired) electrons. The fraction of sp³-hybridized carbons (Fsp3) is 0.846. The Labute approximate surface area is 109 Å². The van der Waals surface area contributed by atoms with Crippen LogP contribution in [0.1, 0.15) is 46.5 Å². The van der Waals surface area contributed by atoms with Gasteiger partial charge >= 0.3 is 5.97 Å². The number of carbonyl (C=O) groups is 2. The van der Waals surface area contributed by atoms with Crippen LogP contribution in [0.4, 0.5) is 0 Å². The molecule has 0 aliphatic carbocycles. The van der Waals surface area contributed by atoms with Crippen LogP contribution in [0.3, 0.4) is 0 Å². The molecule has 0 aromatic carbocycles. The van der Waals surface area contributed by atoms with Crippen molar-refractivity contribution in [3.8, 4) is 0 Å². The number of nitrogens with one attached hydrogen (secondary N) is 1. The summed E-state index contributed by atoms with van der Waals surface area (Å²) in [6.07, 6.45) is 1.96. The molecule has 0 saturated heterocycles. The molecule has 1 amide bonds. The zero-order chi connectivity index (χ0) is 14.1. The number of hydrogen-bond acceptors (Lipinski definition) is 3. The fourth-order valence-electron chi connectivity index (χ4n) is 1.86. The van der Waals surface area contributed by atoms with Crippen LogP contribution in [0, 0.1) is 11.8 Å². The third-order valence-electron chi connectivity index (χ3n) is 2.68. The first-order valence-corrected chi connectivity index (χ1v) is 6.55. The number of carboxylic acids is 1. The molecule has 0 fully saturated rings. The molecule has 0 aromatic rings. The highest BCUT2D eigenvalue weighted by atomic mass is 16.4. The van der Waals surface area contributed by atoms with E-state index in [1.165, 1.54) is 0 Å². The second kappa shape index (κ2) is 8.91. The highest BCUT2D eigenvalue weighted by Crippen LogP contribution is 2.14. The zero-order valence-corrected chi connectivity index (χ0v) is 11.6. The van der Waals surface area contributed by atoms with Crippen LogP contribution < -0.4 is 11.1 Å². The van der Waals surface area contributed by atoms with Gasteiger partial charge in [-0.25, -0.2) is 0 Å². The third kappa shape index (κ3) is 10.1. The van der Waals surface area contributed by atoms with Crippen LogP contribution >= 0.6 is 0 Å². The lowest BCUT2D eigenvalue weighted by Gasteiger charge is -2.18. The maximum atomic E-state index is 11.5. The van der Waals surface area contributed by atoms with Crippen LogP contribution in [0.2, 0.25) is 0 Å². The lowest BCUT2D eigenvalue weighted by molar-refractivity contribution is -0.138. The highest BCUT2D eigenvalue weighted by Gasteiger charge is 2.16. The molecule has 4 N–H and O–H groups in total. The second-order valence-electron chi connectivity index (χ2n) is 5.41. The normalized spacial score (nSPS) is 14.3. The Bertz CT molecular complexity index is 265. The van der Waals surface area contributed by atoms with E-state index in [9.17, 15) is 9.59 Å². The van der Waals surface area contributed by atoms with Crippen LogP contribution in [0.25, 0.3) is 0 Å². The summed E-state index contributed by atoms with van der Waals surface area (Å²) in [7, 11) is 0. The van der Waals surface area contributed by atoms with Gasteiger partial charge in [0.05, 0.1) is 0 Å². The molecule has 106 valence electrons. The van der Waals surface area contributed by atoms with E-state index in [1.807, 2.05) is 20.8 Å². The van der Waals surface area contributed by atoms with Crippen LogP contribution in [-0.4, -0.2) is 29.6 Å². The number of aliphatic carboxylic acids is 1. The maximum Gasteiger partial charge on any atom is 0.303 e. The molecule has 2 unspecified atom stereocenters. The van der Waals surface area contributed by atoms with Crippen molar-refractivity contribution in [1.29, 1.82) is 0 Å². The number of amides is 1. The first-order valence-electron chi connectivity index (χ1n) is 6.55. The molecule has 0 aliphatic heterocycles. The van der Waals surface area contributed by atoms with E-state index in [0.717, 1.165) is 6.42 Å². The Morgan fingerprint density at radius 3 is 2.33 bits per heavy atom. The number of nitrogens with two attached hydrogens (primary N) is 1. The summed E-state index contributed by atoms with van der Waals surface area (Å²) >= 11 is 0. The van der Waals surface area contributed by atoms with E-state index >= 15 is 0 Å². The first kappa shape index (κ1) is 16.9. The van der Waals surface area contributed by atoms with E-state index < -0.39 is 5.97 Å². The molecule has 0 saturated carbocycles. The first-order chi connectivity index (χ1) is 8.31. The zero-order valence-electron chi connectivity index (χ0n) is 11.6. The van der Waals surface area contributed by atoms with Crippen LogP contribution in [0.15, 0.2) is 0 Å². The van der Waals surface area contributed by atoms with E-state index in [4.69, 9.17) is 10.8 Å². The average Bonchev–Trinajstić information content (AvgIpc) is 2.21. The Kier molecular flexibility index (Phi) is 8.37. The lowest BCUT2D eigenvalue weighted by Crippen LogP contribution is -2.31. The standard InChI is InChI=1S/C13H26N2O3/c1-9(2)6-11(7-13(17)18)8-15-12(16)5-4-10(3)14/h9-11H,4-8,14H2,1-3H3,(H,15,16)(H,17,18). The SMILES string of the molecule is CC(C)CC(CNC(=O)CCC(C)N)CC(=O)O. The Morgan fingerprint density at radius 2 is 1.89 bits per heavy atom.